The first-order valence-electron chi connectivity index (χ1n) is 10.3. The Bertz CT molecular complexity index is 861. The second-order valence-electron chi connectivity index (χ2n) is 5.24. The zero-order valence-electron chi connectivity index (χ0n) is 22.7. The maximum absolute atomic E-state index is 11.1. The minimum Gasteiger partial charge on any atom is -0.422 e. The molecule has 4 amide bonds. The van der Waals surface area contributed by atoms with E-state index in [1.165, 1.54) is 38.4 Å². The van der Waals surface area contributed by atoms with Crippen LogP contribution in [0.1, 0.15) is 6.92 Å². The van der Waals surface area contributed by atoms with Gasteiger partial charge in [0.2, 0.25) is 37.0 Å². The molecule has 0 rings (SSSR count). The molecule has 25 heteroatoms. The Labute approximate surface area is 241 Å². The van der Waals surface area contributed by atoms with Crippen LogP contribution in [-0.2, 0) is 42.9 Å². The maximum Gasteiger partial charge on any atom is 0.411 e. The van der Waals surface area contributed by atoms with Crippen molar-refractivity contribution in [2.75, 3.05) is 61.0 Å². The van der Waals surface area contributed by atoms with Crippen molar-refractivity contribution < 1.29 is 77.7 Å². The average molecular weight is 629 g/mol. The Morgan fingerprint density at radius 1 is 0.698 bits per heavy atom. The van der Waals surface area contributed by atoms with E-state index >= 15 is 0 Å². The highest BCUT2D eigenvalue weighted by Crippen LogP contribution is 1.84. The number of nitrogens with zero attached hydrogens (tertiary/aromatic N) is 5. The zero-order valence-corrected chi connectivity index (χ0v) is 22.7. The predicted molar refractivity (Wildman–Crippen MR) is 133 cm³/mol. The van der Waals surface area contributed by atoms with E-state index in [4.69, 9.17) is 26.3 Å². The summed E-state index contributed by atoms with van der Waals surface area (Å²) in [6.45, 7) is -2.07. The second kappa shape index (κ2) is 43.6. The van der Waals surface area contributed by atoms with Crippen LogP contribution in [0.5, 0.6) is 0 Å². The van der Waals surface area contributed by atoms with Crippen molar-refractivity contribution in [2.45, 2.75) is 6.92 Å². The summed E-state index contributed by atoms with van der Waals surface area (Å²) in [7, 11) is 1.34. The van der Waals surface area contributed by atoms with Crippen LogP contribution < -0.4 is 21.8 Å². The lowest BCUT2D eigenvalue weighted by atomic mass is 10.7. The van der Waals surface area contributed by atoms with Gasteiger partial charge in [-0.25, -0.2) is 39.4 Å². The molecule has 0 radical (unpaired) electrons. The molecule has 0 spiro atoms. The van der Waals surface area contributed by atoms with Gasteiger partial charge in [-0.3, -0.25) is 9.80 Å². The molecule has 0 aliphatic heterocycles. The van der Waals surface area contributed by atoms with E-state index in [0.717, 1.165) is 5.01 Å². The molecule has 0 aromatic heterocycles. The molecule has 0 aliphatic carbocycles. The van der Waals surface area contributed by atoms with Crippen molar-refractivity contribution in [2.24, 2.45) is 25.8 Å². The topological polar surface area (TPSA) is 369 Å². The van der Waals surface area contributed by atoms with E-state index < -0.39 is 44.6 Å². The number of amides is 4. The van der Waals surface area contributed by atoms with Gasteiger partial charge in [-0.1, -0.05) is 0 Å². The predicted octanol–water partition coefficient (Wildman–Crippen LogP) is -4.55. The number of carbonyl (C=O) groups is 4. The third-order valence-electron chi connectivity index (χ3n) is 2.49. The molecule has 0 bridgehead atoms. The number of aliphatic hydroxyl groups excluding tert-OH is 2. The van der Waals surface area contributed by atoms with Crippen molar-refractivity contribution in [1.29, 1.82) is 0 Å². The average Bonchev–Trinajstić information content (AvgIpc) is 2.97. The summed E-state index contributed by atoms with van der Waals surface area (Å²) in [6, 6.07) is 0. The van der Waals surface area contributed by atoms with Gasteiger partial charge in [0.15, 0.2) is 20.1 Å². The van der Waals surface area contributed by atoms with Gasteiger partial charge in [-0.15, -0.1) is 0 Å². The molecule has 25 nitrogen and oxygen atoms in total. The van der Waals surface area contributed by atoms with Gasteiger partial charge < -0.3 is 55.3 Å². The molecular formula is C18H31N9O16. The lowest BCUT2D eigenvalue weighted by Crippen LogP contribution is -2.45. The van der Waals surface area contributed by atoms with Gasteiger partial charge in [0.05, 0.1) is 6.67 Å². The first kappa shape index (κ1) is 47.4. The molecular weight excluding hydrogens is 598 g/mol. The lowest BCUT2D eigenvalue weighted by Gasteiger charge is -2.14. The van der Waals surface area contributed by atoms with Crippen LogP contribution in [0.25, 0.3) is 0 Å². The highest BCUT2D eigenvalue weighted by Gasteiger charge is 2.08. The number of hydrogen-bond donors (Lipinski definition) is 8. The molecule has 0 fully saturated rings. The second-order valence-corrected chi connectivity index (χ2v) is 5.24. The van der Waals surface area contributed by atoms with Crippen molar-refractivity contribution in [3.05, 3.63) is 0 Å². The third kappa shape index (κ3) is 57.5. The molecule has 0 saturated carbocycles. The minimum atomic E-state index is -0.950. The van der Waals surface area contributed by atoms with E-state index in [0.29, 0.717) is 0 Å². The first-order chi connectivity index (χ1) is 20.5. The standard InChI is InChI=1S/C10H19N5O8.2C3H2N2O2.2CH4O2/c1-7(16)15(11)4-14-10(19)23-6-22-9(18)13-3-12-8(17)21-5-20-2;2*6-2-4-1-5-3-7;2*2-1-3/h3-6,11H2,1-2H3,(H,12,17)(H,13,18)(H,14,19);2*1H2;2*2-3H,1H2. The Morgan fingerprint density at radius 2 is 1.02 bits per heavy atom. The third-order valence-corrected chi connectivity index (χ3v) is 2.49. The number of aliphatic hydroxyl groups is 4. The van der Waals surface area contributed by atoms with Crippen LogP contribution in [0.15, 0.2) is 20.0 Å². The van der Waals surface area contributed by atoms with Gasteiger partial charge in [0, 0.05) is 14.0 Å². The number of carbonyl (C=O) groups excluding carboxylic acids is 8. The molecule has 0 atom stereocenters. The van der Waals surface area contributed by atoms with E-state index in [-0.39, 0.29) is 33.5 Å². The fourth-order valence-corrected chi connectivity index (χ4v) is 1.04. The highest BCUT2D eigenvalue weighted by atomic mass is 16.7. The monoisotopic (exact) mass is 629 g/mol. The smallest absolute Gasteiger partial charge is 0.411 e. The van der Waals surface area contributed by atoms with Gasteiger partial charge in [-0.05, 0) is 0 Å². The SMILES string of the molecule is COCOC(=O)NCNC(=O)OCOC(=O)NCN(N)C(C)=O.O=C=NCN=C=O.O=C=NCN=C=O.OCO.OCO. The molecule has 0 saturated heterocycles. The summed E-state index contributed by atoms with van der Waals surface area (Å²) in [5.74, 6) is 4.76. The molecule has 0 aromatic rings. The Kier molecular flexibility index (Phi) is 48.0. The molecule has 0 aromatic carbocycles. The quantitative estimate of drug-likeness (QED) is 0.0251. The molecule has 9 N–H and O–H groups in total. The van der Waals surface area contributed by atoms with Crippen molar-refractivity contribution in [1.82, 2.24) is 21.0 Å². The van der Waals surface area contributed by atoms with E-state index in [1.807, 2.05) is 0 Å². The van der Waals surface area contributed by atoms with E-state index in [2.05, 4.69) is 54.9 Å². The molecule has 244 valence electrons. The molecule has 0 unspecified atom stereocenters. The van der Waals surface area contributed by atoms with Crippen LogP contribution in [0.4, 0.5) is 14.4 Å². The number of hydrazine groups is 1. The fraction of sp³-hybridized carbons (Fsp3) is 0.556. The van der Waals surface area contributed by atoms with Crippen molar-refractivity contribution >= 4 is 48.5 Å². The highest BCUT2D eigenvalue weighted by molar-refractivity contribution is 5.73. The summed E-state index contributed by atoms with van der Waals surface area (Å²) in [4.78, 5) is 92.5. The van der Waals surface area contributed by atoms with Gasteiger partial charge >= 0.3 is 18.3 Å². The molecule has 0 aliphatic rings. The van der Waals surface area contributed by atoms with Crippen LogP contribution >= 0.6 is 0 Å². The van der Waals surface area contributed by atoms with Crippen LogP contribution in [0.3, 0.4) is 0 Å². The number of rotatable bonds is 12. The number of nitrogens with two attached hydrogens (primary N) is 1. The van der Waals surface area contributed by atoms with E-state index in [9.17, 15) is 38.4 Å². The van der Waals surface area contributed by atoms with Gasteiger partial charge in [0.1, 0.15) is 20.3 Å². The van der Waals surface area contributed by atoms with Crippen molar-refractivity contribution in [3.63, 3.8) is 0 Å². The maximum atomic E-state index is 11.1. The normalized spacial score (nSPS) is 7.70. The van der Waals surface area contributed by atoms with Crippen molar-refractivity contribution in [3.8, 4) is 0 Å². The summed E-state index contributed by atoms with van der Waals surface area (Å²) in [5.41, 5.74) is 0. The van der Waals surface area contributed by atoms with Crippen LogP contribution in [0.2, 0.25) is 0 Å². The Balaban J connectivity index is -0.000000194. The number of ether oxygens (including phenoxy) is 4. The molecule has 0 heterocycles. The number of nitrogens with one attached hydrogen (secondary N) is 3. The summed E-state index contributed by atoms with van der Waals surface area (Å²) >= 11 is 0. The van der Waals surface area contributed by atoms with E-state index in [1.54, 1.807) is 0 Å². The van der Waals surface area contributed by atoms with Gasteiger partial charge in [0.25, 0.3) is 0 Å². The minimum absolute atomic E-state index is 0.160. The largest absolute Gasteiger partial charge is 0.422 e. The first-order valence-corrected chi connectivity index (χ1v) is 10.3. The van der Waals surface area contributed by atoms with Crippen LogP contribution in [0, 0.1) is 0 Å². The van der Waals surface area contributed by atoms with Crippen LogP contribution in [-0.4, -0.2) is 135 Å². The summed E-state index contributed by atoms with van der Waals surface area (Å²) < 4.78 is 17.9. The zero-order chi connectivity index (χ0) is 34.2. The number of alkyl carbamates (subject to hydrolysis) is 3. The van der Waals surface area contributed by atoms with Gasteiger partial charge in [-0.2, -0.15) is 20.0 Å². The summed E-state index contributed by atoms with van der Waals surface area (Å²) in [5, 5.41) is 35.7. The number of hydrogen-bond acceptors (Lipinski definition) is 21. The summed E-state index contributed by atoms with van der Waals surface area (Å²) in [6.07, 6.45) is 2.12. The Hall–Kier alpha value is -5.44. The number of aliphatic imine (C=N–C) groups is 4. The number of methoxy groups -OCH3 is 1. The lowest BCUT2D eigenvalue weighted by molar-refractivity contribution is -0.129. The molecule has 43 heavy (non-hydrogen) atoms. The Morgan fingerprint density at radius 3 is 1.33 bits per heavy atom. The number of isocyanates is 4. The fourth-order valence-electron chi connectivity index (χ4n) is 1.04.